The molecule has 2 saturated heterocycles. The van der Waals surface area contributed by atoms with E-state index in [0.717, 1.165) is 61.4 Å². The van der Waals surface area contributed by atoms with E-state index < -0.39 is 0 Å². The number of aryl methyl sites for hydroxylation is 1. The number of amides is 2. The van der Waals surface area contributed by atoms with Crippen molar-refractivity contribution in [2.75, 3.05) is 29.9 Å². The molecular weight excluding hydrogens is 466 g/mol. The Hall–Kier alpha value is -3.23. The van der Waals surface area contributed by atoms with Gasteiger partial charge in [-0.05, 0) is 75.2 Å². The maximum Gasteiger partial charge on any atom is 0.241 e. The molecule has 8 nitrogen and oxygen atoms in total. The van der Waals surface area contributed by atoms with Crippen molar-refractivity contribution in [1.29, 1.82) is 0 Å². The van der Waals surface area contributed by atoms with Gasteiger partial charge in [0.1, 0.15) is 0 Å². The number of benzene rings is 2. The minimum atomic E-state index is -0.0453. The molecule has 0 spiro atoms. The van der Waals surface area contributed by atoms with E-state index in [1.807, 2.05) is 42.2 Å². The van der Waals surface area contributed by atoms with Crippen LogP contribution in [0, 0.1) is 12.8 Å². The molecule has 0 unspecified atom stereocenters. The summed E-state index contributed by atoms with van der Waals surface area (Å²) >= 11 is 6.05. The van der Waals surface area contributed by atoms with E-state index in [0.29, 0.717) is 29.7 Å². The number of anilines is 2. The zero-order valence-electron chi connectivity index (χ0n) is 19.7. The molecule has 0 radical (unpaired) electrons. The van der Waals surface area contributed by atoms with Gasteiger partial charge in [0.25, 0.3) is 0 Å². The molecule has 9 heteroatoms. The van der Waals surface area contributed by atoms with Crippen LogP contribution in [-0.2, 0) is 16.1 Å². The SMILES string of the molecule is Cc1cc(NC(=O)C2CCN(Cc3nc(-c4cccc(Cl)c4)no3)CC2)ccc1N1CCCC1=O. The molecule has 0 atom stereocenters. The van der Waals surface area contributed by atoms with Crippen LogP contribution in [0.2, 0.25) is 5.02 Å². The Morgan fingerprint density at radius 1 is 1.17 bits per heavy atom. The summed E-state index contributed by atoms with van der Waals surface area (Å²) in [5, 5.41) is 7.75. The summed E-state index contributed by atoms with van der Waals surface area (Å²) < 4.78 is 5.43. The van der Waals surface area contributed by atoms with E-state index in [1.54, 1.807) is 12.1 Å². The molecule has 0 bridgehead atoms. The monoisotopic (exact) mass is 493 g/mol. The van der Waals surface area contributed by atoms with Gasteiger partial charge in [-0.25, -0.2) is 0 Å². The van der Waals surface area contributed by atoms with Crippen LogP contribution < -0.4 is 10.2 Å². The number of aromatic nitrogens is 2. The van der Waals surface area contributed by atoms with E-state index in [9.17, 15) is 9.59 Å². The van der Waals surface area contributed by atoms with Crippen LogP contribution in [0.3, 0.4) is 0 Å². The maximum atomic E-state index is 12.9. The molecular formula is C26H28ClN5O3. The predicted molar refractivity (Wildman–Crippen MR) is 134 cm³/mol. The smallest absolute Gasteiger partial charge is 0.241 e. The van der Waals surface area contributed by atoms with Crippen LogP contribution in [-0.4, -0.2) is 46.5 Å². The Bertz CT molecular complexity index is 1240. The molecule has 5 rings (SSSR count). The fourth-order valence-corrected chi connectivity index (χ4v) is 4.98. The lowest BCUT2D eigenvalue weighted by Gasteiger charge is -2.30. The van der Waals surface area contributed by atoms with Gasteiger partial charge in [-0.3, -0.25) is 14.5 Å². The molecule has 2 aliphatic heterocycles. The van der Waals surface area contributed by atoms with Gasteiger partial charge < -0.3 is 14.7 Å². The second-order valence-corrected chi connectivity index (χ2v) is 9.65. The third-order valence-corrected chi connectivity index (χ3v) is 6.93. The van der Waals surface area contributed by atoms with Crippen molar-refractivity contribution in [3.05, 3.63) is 58.9 Å². The molecule has 0 aliphatic carbocycles. The summed E-state index contributed by atoms with van der Waals surface area (Å²) in [7, 11) is 0. The van der Waals surface area contributed by atoms with E-state index in [-0.39, 0.29) is 17.7 Å². The molecule has 2 aromatic carbocycles. The number of halogens is 1. The zero-order chi connectivity index (χ0) is 24.4. The molecule has 1 aromatic heterocycles. The summed E-state index contributed by atoms with van der Waals surface area (Å²) in [4.78, 5) is 33.5. The number of carbonyl (C=O) groups is 2. The van der Waals surface area contributed by atoms with Crippen molar-refractivity contribution in [3.63, 3.8) is 0 Å². The highest BCUT2D eigenvalue weighted by Crippen LogP contribution is 2.28. The lowest BCUT2D eigenvalue weighted by atomic mass is 9.95. The minimum absolute atomic E-state index is 0.0371. The number of nitrogens with zero attached hydrogens (tertiary/aromatic N) is 4. The summed E-state index contributed by atoms with van der Waals surface area (Å²) in [5.74, 6) is 1.23. The Morgan fingerprint density at radius 2 is 2.00 bits per heavy atom. The molecule has 1 N–H and O–H groups in total. The van der Waals surface area contributed by atoms with Crippen molar-refractivity contribution in [3.8, 4) is 11.4 Å². The van der Waals surface area contributed by atoms with Crippen molar-refractivity contribution in [2.45, 2.75) is 39.2 Å². The van der Waals surface area contributed by atoms with E-state index in [1.165, 1.54) is 0 Å². The van der Waals surface area contributed by atoms with Crippen molar-refractivity contribution < 1.29 is 14.1 Å². The average molecular weight is 494 g/mol. The number of likely N-dealkylation sites (tertiary alicyclic amines) is 1. The number of hydrogen-bond acceptors (Lipinski definition) is 6. The van der Waals surface area contributed by atoms with Crippen LogP contribution in [0.25, 0.3) is 11.4 Å². The maximum absolute atomic E-state index is 12.9. The summed E-state index contributed by atoms with van der Waals surface area (Å²) in [6.45, 7) is 4.85. The second-order valence-electron chi connectivity index (χ2n) is 9.21. The van der Waals surface area contributed by atoms with Crippen LogP contribution >= 0.6 is 11.6 Å². The molecule has 2 fully saturated rings. The van der Waals surface area contributed by atoms with E-state index >= 15 is 0 Å². The second kappa shape index (κ2) is 10.2. The molecule has 2 amide bonds. The summed E-state index contributed by atoms with van der Waals surface area (Å²) in [5.41, 5.74) is 3.51. The van der Waals surface area contributed by atoms with Gasteiger partial charge >= 0.3 is 0 Å². The lowest BCUT2D eigenvalue weighted by molar-refractivity contribution is -0.121. The van der Waals surface area contributed by atoms with E-state index in [4.69, 9.17) is 16.1 Å². The Balaban J connectivity index is 1.13. The van der Waals surface area contributed by atoms with Gasteiger partial charge in [-0.1, -0.05) is 28.9 Å². The first-order valence-electron chi connectivity index (χ1n) is 12.0. The quantitative estimate of drug-likeness (QED) is 0.536. The Labute approximate surface area is 209 Å². The van der Waals surface area contributed by atoms with Crippen LogP contribution in [0.5, 0.6) is 0 Å². The highest BCUT2D eigenvalue weighted by Gasteiger charge is 2.27. The van der Waals surface area contributed by atoms with E-state index in [2.05, 4.69) is 20.4 Å². The largest absolute Gasteiger partial charge is 0.338 e. The molecule has 3 heterocycles. The third kappa shape index (κ3) is 5.39. The van der Waals surface area contributed by atoms with Gasteiger partial charge in [-0.2, -0.15) is 4.98 Å². The lowest BCUT2D eigenvalue weighted by Crippen LogP contribution is -2.37. The summed E-state index contributed by atoms with van der Waals surface area (Å²) in [6.07, 6.45) is 3.03. The minimum Gasteiger partial charge on any atom is -0.338 e. The molecule has 182 valence electrons. The molecule has 2 aliphatic rings. The molecule has 0 saturated carbocycles. The number of nitrogens with one attached hydrogen (secondary N) is 1. The first kappa shape index (κ1) is 23.5. The third-order valence-electron chi connectivity index (χ3n) is 6.70. The van der Waals surface area contributed by atoms with Crippen molar-refractivity contribution >= 4 is 34.8 Å². The van der Waals surface area contributed by atoms with Gasteiger partial charge in [0.15, 0.2) is 0 Å². The highest BCUT2D eigenvalue weighted by molar-refractivity contribution is 6.30. The standard InChI is InChI=1S/C26H28ClN5O3/c1-17-14-21(7-8-22(17)32-11-3-6-24(32)33)28-26(34)18-9-12-31(13-10-18)16-23-29-25(30-35-23)19-4-2-5-20(27)15-19/h2,4-5,7-8,14-15,18H,3,6,9-13,16H2,1H3,(H,28,34). The number of rotatable bonds is 6. The Kier molecular flexibility index (Phi) is 6.83. The first-order chi connectivity index (χ1) is 17.0. The van der Waals surface area contributed by atoms with Crippen LogP contribution in [0.4, 0.5) is 11.4 Å². The van der Waals surface area contributed by atoms with Gasteiger partial charge in [0, 0.05) is 40.8 Å². The fourth-order valence-electron chi connectivity index (χ4n) is 4.79. The van der Waals surface area contributed by atoms with Gasteiger partial charge in [0.2, 0.25) is 23.5 Å². The topological polar surface area (TPSA) is 91.6 Å². The number of piperidine rings is 1. The zero-order valence-corrected chi connectivity index (χ0v) is 20.4. The van der Waals surface area contributed by atoms with Crippen LogP contribution in [0.1, 0.15) is 37.1 Å². The first-order valence-corrected chi connectivity index (χ1v) is 12.4. The summed E-state index contributed by atoms with van der Waals surface area (Å²) in [6, 6.07) is 13.1. The normalized spacial score (nSPS) is 17.2. The molecule has 3 aromatic rings. The number of hydrogen-bond donors (Lipinski definition) is 1. The highest BCUT2D eigenvalue weighted by atomic mass is 35.5. The van der Waals surface area contributed by atoms with Crippen molar-refractivity contribution in [1.82, 2.24) is 15.0 Å². The number of carbonyl (C=O) groups excluding carboxylic acids is 2. The van der Waals surface area contributed by atoms with Gasteiger partial charge in [-0.15, -0.1) is 0 Å². The predicted octanol–water partition coefficient (Wildman–Crippen LogP) is 4.68. The van der Waals surface area contributed by atoms with Gasteiger partial charge in [0.05, 0.1) is 6.54 Å². The molecule has 35 heavy (non-hydrogen) atoms. The van der Waals surface area contributed by atoms with Crippen molar-refractivity contribution in [2.24, 2.45) is 5.92 Å². The average Bonchev–Trinajstić information content (AvgIpc) is 3.49. The van der Waals surface area contributed by atoms with Crippen LogP contribution in [0.15, 0.2) is 47.0 Å². The Morgan fingerprint density at radius 3 is 2.71 bits per heavy atom. The fraction of sp³-hybridized carbons (Fsp3) is 0.385.